The fourth-order valence-corrected chi connectivity index (χ4v) is 4.40. The molecule has 1 aliphatic rings. The van der Waals surface area contributed by atoms with Gasteiger partial charge in [-0.2, -0.15) is 4.31 Å². The fourth-order valence-electron chi connectivity index (χ4n) is 1.88. The second kappa shape index (κ2) is 3.90. The van der Waals surface area contributed by atoms with Gasteiger partial charge < -0.3 is 0 Å². The van der Waals surface area contributed by atoms with Crippen LogP contribution in [0.5, 0.6) is 0 Å². The molecule has 2 aromatic rings. The molecule has 4 nitrogen and oxygen atoms in total. The van der Waals surface area contributed by atoms with E-state index in [0.717, 1.165) is 11.3 Å². The highest BCUT2D eigenvalue weighted by Crippen LogP contribution is 2.28. The van der Waals surface area contributed by atoms with Crippen molar-refractivity contribution in [2.45, 2.75) is 17.3 Å². The maximum absolute atomic E-state index is 12.3. The van der Waals surface area contributed by atoms with E-state index in [2.05, 4.69) is 4.98 Å². The van der Waals surface area contributed by atoms with E-state index in [0.29, 0.717) is 17.3 Å². The summed E-state index contributed by atoms with van der Waals surface area (Å²) in [7, 11) is -3.35. The molecule has 6 heteroatoms. The molecule has 0 fully saturated rings. The first-order chi connectivity index (χ1) is 8.18. The zero-order valence-electron chi connectivity index (χ0n) is 8.91. The summed E-state index contributed by atoms with van der Waals surface area (Å²) in [4.78, 5) is 4.20. The first-order valence-electron chi connectivity index (χ1n) is 5.14. The van der Waals surface area contributed by atoms with Gasteiger partial charge in [0.1, 0.15) is 4.21 Å². The van der Waals surface area contributed by atoms with Crippen LogP contribution in [-0.4, -0.2) is 17.7 Å². The van der Waals surface area contributed by atoms with Crippen LogP contribution in [0.1, 0.15) is 11.3 Å². The van der Waals surface area contributed by atoms with Gasteiger partial charge in [-0.3, -0.25) is 4.98 Å². The Balaban J connectivity index is 1.95. The third-order valence-corrected chi connectivity index (χ3v) is 5.91. The number of hydrogen-bond acceptors (Lipinski definition) is 4. The van der Waals surface area contributed by atoms with Gasteiger partial charge in [-0.25, -0.2) is 8.42 Å². The molecular weight excluding hydrogens is 256 g/mol. The van der Waals surface area contributed by atoms with Crippen molar-refractivity contribution in [1.82, 2.24) is 9.29 Å². The van der Waals surface area contributed by atoms with Gasteiger partial charge in [0.2, 0.25) is 0 Å². The Kier molecular flexibility index (Phi) is 2.50. The lowest BCUT2D eigenvalue weighted by atomic mass is 10.2. The van der Waals surface area contributed by atoms with Crippen molar-refractivity contribution in [2.24, 2.45) is 0 Å². The molecule has 2 aromatic heterocycles. The zero-order valence-corrected chi connectivity index (χ0v) is 10.5. The smallest absolute Gasteiger partial charge is 0.253 e. The van der Waals surface area contributed by atoms with Crippen molar-refractivity contribution in [3.05, 3.63) is 47.1 Å². The van der Waals surface area contributed by atoms with E-state index in [9.17, 15) is 8.42 Å². The Morgan fingerprint density at radius 2 is 2.12 bits per heavy atom. The Bertz CT molecular complexity index is 610. The summed E-state index contributed by atoms with van der Waals surface area (Å²) < 4.78 is 26.4. The number of pyridine rings is 1. The number of aromatic nitrogens is 1. The average Bonchev–Trinajstić information content (AvgIpc) is 2.98. The lowest BCUT2D eigenvalue weighted by molar-refractivity contribution is 0.431. The summed E-state index contributed by atoms with van der Waals surface area (Å²) in [5.74, 6) is 0. The average molecular weight is 266 g/mol. The SMILES string of the molecule is O=S(=O)(c1cccs1)N1Cc2cccnc2C1. The zero-order chi connectivity index (χ0) is 11.9. The van der Waals surface area contributed by atoms with Crippen LogP contribution in [0.15, 0.2) is 40.1 Å². The molecule has 0 saturated carbocycles. The molecule has 0 N–H and O–H groups in total. The summed E-state index contributed by atoms with van der Waals surface area (Å²) in [6.07, 6.45) is 1.69. The van der Waals surface area contributed by atoms with Crippen molar-refractivity contribution in [3.8, 4) is 0 Å². The van der Waals surface area contributed by atoms with Crippen LogP contribution in [0.25, 0.3) is 0 Å². The number of nitrogens with zero attached hydrogens (tertiary/aromatic N) is 2. The Hall–Kier alpha value is -1.24. The van der Waals surface area contributed by atoms with Crippen LogP contribution in [-0.2, 0) is 23.1 Å². The third-order valence-electron chi connectivity index (χ3n) is 2.75. The molecule has 0 unspecified atom stereocenters. The fraction of sp³-hybridized carbons (Fsp3) is 0.182. The van der Waals surface area contributed by atoms with Crippen molar-refractivity contribution in [3.63, 3.8) is 0 Å². The number of rotatable bonds is 2. The summed E-state index contributed by atoms with van der Waals surface area (Å²) in [6.45, 7) is 0.791. The summed E-state index contributed by atoms with van der Waals surface area (Å²) in [5.41, 5.74) is 1.85. The summed E-state index contributed by atoms with van der Waals surface area (Å²) in [5, 5.41) is 1.77. The van der Waals surface area contributed by atoms with E-state index < -0.39 is 10.0 Å². The van der Waals surface area contributed by atoms with E-state index in [1.165, 1.54) is 15.6 Å². The lowest BCUT2D eigenvalue weighted by Gasteiger charge is -2.13. The number of thiophene rings is 1. The Morgan fingerprint density at radius 3 is 2.82 bits per heavy atom. The van der Waals surface area contributed by atoms with Crippen molar-refractivity contribution >= 4 is 21.4 Å². The Labute approximate surface area is 104 Å². The minimum Gasteiger partial charge on any atom is -0.260 e. The van der Waals surface area contributed by atoms with Gasteiger partial charge in [-0.15, -0.1) is 11.3 Å². The maximum atomic E-state index is 12.3. The second-order valence-electron chi connectivity index (χ2n) is 3.81. The molecule has 88 valence electrons. The van der Waals surface area contributed by atoms with Crippen LogP contribution < -0.4 is 0 Å². The van der Waals surface area contributed by atoms with Gasteiger partial charge in [-0.05, 0) is 23.1 Å². The van der Waals surface area contributed by atoms with E-state index in [4.69, 9.17) is 0 Å². The normalized spacial score (nSPS) is 16.0. The molecule has 3 heterocycles. The first kappa shape index (κ1) is 10.9. The highest BCUT2D eigenvalue weighted by Gasteiger charge is 2.31. The topological polar surface area (TPSA) is 50.3 Å². The molecule has 0 aromatic carbocycles. The van der Waals surface area contributed by atoms with Gasteiger partial charge in [-0.1, -0.05) is 12.1 Å². The molecule has 0 bridgehead atoms. The molecule has 17 heavy (non-hydrogen) atoms. The van der Waals surface area contributed by atoms with Gasteiger partial charge in [0.25, 0.3) is 10.0 Å². The van der Waals surface area contributed by atoms with E-state index in [1.807, 2.05) is 12.1 Å². The molecule has 0 spiro atoms. The molecule has 0 aliphatic carbocycles. The molecule has 1 aliphatic heterocycles. The van der Waals surface area contributed by atoms with Gasteiger partial charge in [0, 0.05) is 12.7 Å². The maximum Gasteiger partial charge on any atom is 0.253 e. The van der Waals surface area contributed by atoms with E-state index in [1.54, 1.807) is 23.7 Å². The molecule has 0 amide bonds. The predicted molar refractivity (Wildman–Crippen MR) is 65.0 cm³/mol. The standard InChI is InChI=1S/C11H10N2O2S2/c14-17(15,11-4-2-6-16-11)13-7-9-3-1-5-12-10(9)8-13/h1-6H,7-8H2. The van der Waals surface area contributed by atoms with E-state index >= 15 is 0 Å². The predicted octanol–water partition coefficient (Wildman–Crippen LogP) is 1.85. The van der Waals surface area contributed by atoms with Crippen molar-refractivity contribution in [1.29, 1.82) is 0 Å². The molecule has 3 rings (SSSR count). The number of hydrogen-bond donors (Lipinski definition) is 0. The van der Waals surface area contributed by atoms with Crippen LogP contribution in [0, 0.1) is 0 Å². The minimum absolute atomic E-state index is 0.371. The quantitative estimate of drug-likeness (QED) is 0.833. The second-order valence-corrected chi connectivity index (χ2v) is 6.93. The highest BCUT2D eigenvalue weighted by atomic mass is 32.2. The van der Waals surface area contributed by atoms with Crippen LogP contribution in [0.4, 0.5) is 0 Å². The monoisotopic (exact) mass is 266 g/mol. The molecular formula is C11H10N2O2S2. The third kappa shape index (κ3) is 1.78. The lowest BCUT2D eigenvalue weighted by Crippen LogP contribution is -2.24. The van der Waals surface area contributed by atoms with E-state index in [-0.39, 0.29) is 0 Å². The highest BCUT2D eigenvalue weighted by molar-refractivity contribution is 7.91. The van der Waals surface area contributed by atoms with Crippen molar-refractivity contribution in [2.75, 3.05) is 0 Å². The van der Waals surface area contributed by atoms with Crippen molar-refractivity contribution < 1.29 is 8.42 Å². The van der Waals surface area contributed by atoms with Gasteiger partial charge in [0.05, 0.1) is 12.2 Å². The number of fused-ring (bicyclic) bond motifs is 1. The first-order valence-corrected chi connectivity index (χ1v) is 7.46. The number of sulfonamides is 1. The molecule has 0 atom stereocenters. The summed E-state index contributed by atoms with van der Waals surface area (Å²) >= 11 is 1.25. The van der Waals surface area contributed by atoms with Crippen LogP contribution in [0.2, 0.25) is 0 Å². The molecule has 0 radical (unpaired) electrons. The Morgan fingerprint density at radius 1 is 1.24 bits per heavy atom. The molecule has 0 saturated heterocycles. The van der Waals surface area contributed by atoms with Crippen LogP contribution >= 0.6 is 11.3 Å². The van der Waals surface area contributed by atoms with Gasteiger partial charge in [0.15, 0.2) is 0 Å². The van der Waals surface area contributed by atoms with Gasteiger partial charge >= 0.3 is 0 Å². The minimum atomic E-state index is -3.35. The summed E-state index contributed by atoms with van der Waals surface area (Å²) in [6, 6.07) is 7.14. The largest absolute Gasteiger partial charge is 0.260 e. The van der Waals surface area contributed by atoms with Crippen LogP contribution in [0.3, 0.4) is 0 Å².